The van der Waals surface area contributed by atoms with Gasteiger partial charge in [-0.2, -0.15) is 0 Å². The molecule has 88 valence electrons. The van der Waals surface area contributed by atoms with E-state index < -0.39 is 15.3 Å². The predicted octanol–water partition coefficient (Wildman–Crippen LogP) is 1.18. The number of hydrogen-bond donors (Lipinski definition) is 1. The first-order chi connectivity index (χ1) is 7.04. The molecule has 2 atom stereocenters. The Morgan fingerprint density at radius 1 is 1.60 bits per heavy atom. The van der Waals surface area contributed by atoms with Crippen LogP contribution >= 0.6 is 0 Å². The van der Waals surface area contributed by atoms with Crippen LogP contribution in [0.4, 0.5) is 0 Å². The number of allylic oxidation sites excluding steroid dienone is 1. The minimum absolute atomic E-state index is 0.0677. The van der Waals surface area contributed by atoms with Gasteiger partial charge in [0.05, 0.1) is 11.4 Å². The van der Waals surface area contributed by atoms with Crippen molar-refractivity contribution in [2.45, 2.75) is 43.5 Å². The van der Waals surface area contributed by atoms with Crippen molar-refractivity contribution in [3.8, 4) is 0 Å². The van der Waals surface area contributed by atoms with Gasteiger partial charge in [0, 0.05) is 6.61 Å². The average Bonchev–Trinajstić information content (AvgIpc) is 2.62. The Hall–Kier alpha value is -0.390. The first-order valence-electron chi connectivity index (χ1n) is 5.28. The molecule has 0 amide bonds. The van der Waals surface area contributed by atoms with Gasteiger partial charge in [0.1, 0.15) is 0 Å². The van der Waals surface area contributed by atoms with Crippen LogP contribution in [0.3, 0.4) is 0 Å². The summed E-state index contributed by atoms with van der Waals surface area (Å²) in [5, 5.41) is 4.69. The second kappa shape index (κ2) is 5.63. The van der Waals surface area contributed by atoms with Crippen molar-refractivity contribution in [1.29, 1.82) is 0 Å². The number of rotatable bonds is 6. The molecule has 1 aliphatic rings. The zero-order chi connectivity index (χ0) is 11.3. The van der Waals surface area contributed by atoms with E-state index >= 15 is 0 Å². The minimum Gasteiger partial charge on any atom is -0.378 e. The van der Waals surface area contributed by atoms with Crippen LogP contribution in [0.15, 0.2) is 12.7 Å². The zero-order valence-electron chi connectivity index (χ0n) is 8.89. The van der Waals surface area contributed by atoms with E-state index in [9.17, 15) is 8.42 Å². The lowest BCUT2D eigenvalue weighted by Crippen LogP contribution is -2.31. The van der Waals surface area contributed by atoms with Gasteiger partial charge in [-0.1, -0.05) is 6.08 Å². The third-order valence-corrected chi connectivity index (χ3v) is 4.06. The Morgan fingerprint density at radius 3 is 2.80 bits per heavy atom. The van der Waals surface area contributed by atoms with Crippen LogP contribution in [-0.2, 0) is 14.8 Å². The molecule has 0 bridgehead atoms. The van der Waals surface area contributed by atoms with Gasteiger partial charge in [0.2, 0.25) is 10.0 Å². The lowest BCUT2D eigenvalue weighted by atomic mass is 10.1. The summed E-state index contributed by atoms with van der Waals surface area (Å²) in [4.78, 5) is 0. The topological polar surface area (TPSA) is 69.4 Å². The molecule has 1 heterocycles. The van der Waals surface area contributed by atoms with Gasteiger partial charge < -0.3 is 4.74 Å². The maximum absolute atomic E-state index is 11.3. The van der Waals surface area contributed by atoms with Crippen LogP contribution in [0.5, 0.6) is 0 Å². The number of hydrogen-bond acceptors (Lipinski definition) is 3. The van der Waals surface area contributed by atoms with Crippen LogP contribution < -0.4 is 5.14 Å². The molecule has 1 saturated heterocycles. The van der Waals surface area contributed by atoms with Crippen LogP contribution in [0.25, 0.3) is 0 Å². The fourth-order valence-corrected chi connectivity index (χ4v) is 2.79. The smallest absolute Gasteiger partial charge is 0.212 e. The Morgan fingerprint density at radius 2 is 2.33 bits per heavy atom. The van der Waals surface area contributed by atoms with E-state index in [1.165, 1.54) is 0 Å². The standard InChI is InChI=1S/C10H19NO3S/c1-2-3-6-10(15(11,12)13)8-9-5-4-7-14-9/h2,9-10H,1,3-8H2,(H2,11,12,13)/t9?,10-/m0/s1. The fraction of sp³-hybridized carbons (Fsp3) is 0.800. The van der Waals surface area contributed by atoms with Crippen LogP contribution in [0.1, 0.15) is 32.1 Å². The minimum atomic E-state index is -3.45. The van der Waals surface area contributed by atoms with E-state index in [2.05, 4.69) is 6.58 Å². The predicted molar refractivity (Wildman–Crippen MR) is 59.9 cm³/mol. The SMILES string of the molecule is C=CCC[C@@H](CC1CCCO1)S(N)(=O)=O. The second-order valence-corrected chi connectivity index (χ2v) is 5.79. The fourth-order valence-electron chi connectivity index (χ4n) is 1.84. The summed E-state index contributed by atoms with van der Waals surface area (Å²) in [6, 6.07) is 0. The molecule has 0 aromatic carbocycles. The molecule has 1 fully saturated rings. The monoisotopic (exact) mass is 233 g/mol. The third kappa shape index (κ3) is 4.32. The summed E-state index contributed by atoms with van der Waals surface area (Å²) in [5.41, 5.74) is 0. The summed E-state index contributed by atoms with van der Waals surface area (Å²) in [6.45, 7) is 4.32. The Balaban J connectivity index is 2.51. The normalized spacial score (nSPS) is 23.9. The molecule has 1 rings (SSSR count). The van der Waals surface area contributed by atoms with E-state index in [0.29, 0.717) is 19.3 Å². The lowest BCUT2D eigenvalue weighted by molar-refractivity contribution is 0.103. The summed E-state index contributed by atoms with van der Waals surface area (Å²) in [5.74, 6) is 0. The molecule has 0 aromatic rings. The number of nitrogens with two attached hydrogens (primary N) is 1. The number of ether oxygens (including phenoxy) is 1. The molecule has 0 aliphatic carbocycles. The van der Waals surface area contributed by atoms with Gasteiger partial charge in [-0.05, 0) is 32.1 Å². The first-order valence-corrected chi connectivity index (χ1v) is 6.89. The molecule has 1 aliphatic heterocycles. The van der Waals surface area contributed by atoms with Crippen LogP contribution in [0.2, 0.25) is 0 Å². The van der Waals surface area contributed by atoms with Crippen molar-refractivity contribution in [3.05, 3.63) is 12.7 Å². The second-order valence-electron chi connectivity index (χ2n) is 3.95. The highest BCUT2D eigenvalue weighted by atomic mass is 32.2. The largest absolute Gasteiger partial charge is 0.378 e. The molecule has 5 heteroatoms. The highest BCUT2D eigenvalue weighted by molar-refractivity contribution is 7.89. The quantitative estimate of drug-likeness (QED) is 0.700. The van der Waals surface area contributed by atoms with Gasteiger partial charge in [-0.15, -0.1) is 6.58 Å². The molecule has 0 spiro atoms. The maximum atomic E-state index is 11.3. The van der Waals surface area contributed by atoms with E-state index in [-0.39, 0.29) is 6.10 Å². The van der Waals surface area contributed by atoms with Crippen LogP contribution in [-0.4, -0.2) is 26.4 Å². The highest BCUT2D eigenvalue weighted by Crippen LogP contribution is 2.21. The summed E-state index contributed by atoms with van der Waals surface area (Å²) < 4.78 is 28.0. The van der Waals surface area contributed by atoms with E-state index in [1.807, 2.05) is 0 Å². The molecule has 15 heavy (non-hydrogen) atoms. The van der Waals surface area contributed by atoms with E-state index in [1.54, 1.807) is 6.08 Å². The summed E-state index contributed by atoms with van der Waals surface area (Å²) in [6.07, 6.45) is 5.48. The van der Waals surface area contributed by atoms with Gasteiger partial charge >= 0.3 is 0 Å². The summed E-state index contributed by atoms with van der Waals surface area (Å²) in [7, 11) is -3.45. The van der Waals surface area contributed by atoms with Gasteiger partial charge in [0.15, 0.2) is 0 Å². The Kier molecular flexibility index (Phi) is 4.76. The van der Waals surface area contributed by atoms with Gasteiger partial charge in [-0.3, -0.25) is 0 Å². The number of sulfonamides is 1. The van der Waals surface area contributed by atoms with E-state index in [4.69, 9.17) is 9.88 Å². The van der Waals surface area contributed by atoms with E-state index in [0.717, 1.165) is 19.4 Å². The first kappa shape index (κ1) is 12.7. The third-order valence-electron chi connectivity index (χ3n) is 2.71. The average molecular weight is 233 g/mol. The van der Waals surface area contributed by atoms with Crippen molar-refractivity contribution in [1.82, 2.24) is 0 Å². The lowest BCUT2D eigenvalue weighted by Gasteiger charge is -2.17. The molecule has 0 radical (unpaired) electrons. The number of primary sulfonamides is 1. The zero-order valence-corrected chi connectivity index (χ0v) is 9.71. The molecular formula is C10H19NO3S. The molecule has 4 nitrogen and oxygen atoms in total. The van der Waals surface area contributed by atoms with Gasteiger partial charge in [-0.25, -0.2) is 13.6 Å². The van der Waals surface area contributed by atoms with Crippen molar-refractivity contribution in [2.24, 2.45) is 5.14 Å². The molecule has 2 N–H and O–H groups in total. The van der Waals surface area contributed by atoms with Crippen molar-refractivity contribution < 1.29 is 13.2 Å². The molecule has 0 saturated carbocycles. The maximum Gasteiger partial charge on any atom is 0.212 e. The van der Waals surface area contributed by atoms with Crippen molar-refractivity contribution >= 4 is 10.0 Å². The van der Waals surface area contributed by atoms with Crippen molar-refractivity contribution in [2.75, 3.05) is 6.61 Å². The van der Waals surface area contributed by atoms with Crippen LogP contribution in [0, 0.1) is 0 Å². The molecule has 0 aromatic heterocycles. The summed E-state index contributed by atoms with van der Waals surface area (Å²) >= 11 is 0. The molecule has 1 unspecified atom stereocenters. The Bertz CT molecular complexity index is 294. The van der Waals surface area contributed by atoms with Crippen molar-refractivity contribution in [3.63, 3.8) is 0 Å². The Labute approximate surface area is 91.5 Å². The van der Waals surface area contributed by atoms with Gasteiger partial charge in [0.25, 0.3) is 0 Å². The highest BCUT2D eigenvalue weighted by Gasteiger charge is 2.27. The molecular weight excluding hydrogens is 214 g/mol.